The Morgan fingerprint density at radius 1 is 1.14 bits per heavy atom. The zero-order valence-electron chi connectivity index (χ0n) is 13.3. The fourth-order valence-corrected chi connectivity index (χ4v) is 3.05. The van der Waals surface area contributed by atoms with Crippen LogP contribution < -0.4 is 5.32 Å². The van der Waals surface area contributed by atoms with Gasteiger partial charge >= 0.3 is 0 Å². The number of nitrogens with one attached hydrogen (secondary N) is 1. The molecule has 1 heterocycles. The molecule has 2 unspecified atom stereocenters. The highest BCUT2D eigenvalue weighted by molar-refractivity contribution is 5.84. The van der Waals surface area contributed by atoms with Crippen LogP contribution in [0.1, 0.15) is 51.5 Å². The number of aryl methyl sites for hydroxylation is 1. The lowest BCUT2D eigenvalue weighted by atomic mass is 10.1. The average Bonchev–Trinajstić information content (AvgIpc) is 2.83. The van der Waals surface area contributed by atoms with Gasteiger partial charge in [0.25, 0.3) is 0 Å². The van der Waals surface area contributed by atoms with Gasteiger partial charge in [0.2, 0.25) is 5.91 Å². The van der Waals surface area contributed by atoms with Crippen LogP contribution in [-0.4, -0.2) is 29.6 Å². The summed E-state index contributed by atoms with van der Waals surface area (Å²) >= 11 is 0. The summed E-state index contributed by atoms with van der Waals surface area (Å²) in [5.41, 5.74) is 1.31. The summed E-state index contributed by atoms with van der Waals surface area (Å²) < 4.78 is 0. The second kappa shape index (κ2) is 8.18. The van der Waals surface area contributed by atoms with Crippen LogP contribution in [0.5, 0.6) is 0 Å². The predicted octanol–water partition coefficient (Wildman–Crippen LogP) is 3.35. The van der Waals surface area contributed by atoms with Gasteiger partial charge in [-0.2, -0.15) is 0 Å². The Hall–Kier alpha value is -1.35. The normalized spacial score (nSPS) is 22.0. The molecule has 1 amide bonds. The van der Waals surface area contributed by atoms with E-state index in [0.29, 0.717) is 5.91 Å². The van der Waals surface area contributed by atoms with Crippen molar-refractivity contribution in [1.29, 1.82) is 0 Å². The number of nitrogens with zero attached hydrogens (tertiary/aromatic N) is 1. The molecule has 1 N–H and O–H groups in total. The van der Waals surface area contributed by atoms with Crippen LogP contribution in [0, 0.1) is 0 Å². The number of amides is 1. The van der Waals surface area contributed by atoms with E-state index in [9.17, 15) is 4.79 Å². The van der Waals surface area contributed by atoms with Gasteiger partial charge in [-0.25, -0.2) is 0 Å². The van der Waals surface area contributed by atoms with Crippen molar-refractivity contribution < 1.29 is 4.79 Å². The lowest BCUT2D eigenvalue weighted by molar-refractivity contribution is -0.130. The van der Waals surface area contributed by atoms with E-state index in [1.54, 1.807) is 0 Å². The van der Waals surface area contributed by atoms with E-state index >= 15 is 0 Å². The van der Waals surface area contributed by atoms with Crippen molar-refractivity contribution in [1.82, 2.24) is 10.2 Å². The topological polar surface area (TPSA) is 32.3 Å². The molecule has 1 saturated heterocycles. The Kier molecular flexibility index (Phi) is 6.24. The first-order valence-electron chi connectivity index (χ1n) is 8.36. The molecule has 2 rings (SSSR count). The molecule has 3 nitrogen and oxygen atoms in total. The summed E-state index contributed by atoms with van der Waals surface area (Å²) in [6.07, 6.45) is 6.59. The Bertz CT molecular complexity index is 432. The van der Waals surface area contributed by atoms with Gasteiger partial charge in [-0.1, -0.05) is 57.0 Å². The number of unbranched alkanes of at least 4 members (excludes halogenated alkanes) is 2. The standard InChI is InChI=1S/C18H28N2O/c1-3-5-9-14-20-17(4-2)19-16(18(20)21)13-12-15-10-7-6-8-11-15/h6-8,10-11,16-17,19H,3-5,9,12-14H2,1-2H3. The van der Waals surface area contributed by atoms with E-state index in [1.807, 2.05) is 6.07 Å². The fraction of sp³-hybridized carbons (Fsp3) is 0.611. The zero-order valence-corrected chi connectivity index (χ0v) is 13.3. The SMILES string of the molecule is CCCCCN1C(=O)C(CCc2ccccc2)NC1CC. The molecule has 0 radical (unpaired) electrons. The fourth-order valence-electron chi connectivity index (χ4n) is 3.05. The van der Waals surface area contributed by atoms with Gasteiger partial charge in [0, 0.05) is 6.54 Å². The Labute approximate surface area is 128 Å². The van der Waals surface area contributed by atoms with Crippen molar-refractivity contribution in [3.8, 4) is 0 Å². The third kappa shape index (κ3) is 4.31. The summed E-state index contributed by atoms with van der Waals surface area (Å²) in [7, 11) is 0. The van der Waals surface area contributed by atoms with Crippen LogP contribution in [0.4, 0.5) is 0 Å². The first-order chi connectivity index (χ1) is 10.3. The Morgan fingerprint density at radius 2 is 1.90 bits per heavy atom. The van der Waals surface area contributed by atoms with Gasteiger partial charge in [0.15, 0.2) is 0 Å². The minimum absolute atomic E-state index is 0.00298. The minimum Gasteiger partial charge on any atom is -0.326 e. The highest BCUT2D eigenvalue weighted by atomic mass is 16.2. The van der Waals surface area contributed by atoms with Crippen molar-refractivity contribution >= 4 is 5.91 Å². The van der Waals surface area contributed by atoms with Crippen molar-refractivity contribution in [2.75, 3.05) is 6.54 Å². The zero-order chi connectivity index (χ0) is 15.1. The highest BCUT2D eigenvalue weighted by Gasteiger charge is 2.36. The number of carbonyl (C=O) groups excluding carboxylic acids is 1. The van der Waals surface area contributed by atoms with Gasteiger partial charge < -0.3 is 4.90 Å². The van der Waals surface area contributed by atoms with Crippen LogP contribution >= 0.6 is 0 Å². The van der Waals surface area contributed by atoms with E-state index in [-0.39, 0.29) is 12.2 Å². The van der Waals surface area contributed by atoms with E-state index < -0.39 is 0 Å². The molecule has 21 heavy (non-hydrogen) atoms. The van der Waals surface area contributed by atoms with Gasteiger partial charge in [-0.05, 0) is 31.2 Å². The highest BCUT2D eigenvalue weighted by Crippen LogP contribution is 2.18. The number of rotatable bonds is 8. The molecule has 3 heteroatoms. The van der Waals surface area contributed by atoms with Gasteiger partial charge in [-0.3, -0.25) is 10.1 Å². The first kappa shape index (κ1) is 16.0. The molecule has 0 saturated carbocycles. The molecule has 0 bridgehead atoms. The van der Waals surface area contributed by atoms with E-state index in [1.165, 1.54) is 18.4 Å². The minimum atomic E-state index is -0.00298. The maximum atomic E-state index is 12.6. The summed E-state index contributed by atoms with van der Waals surface area (Å²) in [5, 5.41) is 3.51. The third-order valence-corrected chi connectivity index (χ3v) is 4.30. The summed E-state index contributed by atoms with van der Waals surface area (Å²) in [5.74, 6) is 0.300. The van der Waals surface area contributed by atoms with Crippen molar-refractivity contribution in [2.45, 2.75) is 64.6 Å². The maximum absolute atomic E-state index is 12.6. The molecule has 0 spiro atoms. The van der Waals surface area contributed by atoms with Crippen LogP contribution in [-0.2, 0) is 11.2 Å². The van der Waals surface area contributed by atoms with Crippen LogP contribution in [0.25, 0.3) is 0 Å². The smallest absolute Gasteiger partial charge is 0.241 e. The number of hydrogen-bond donors (Lipinski definition) is 1. The summed E-state index contributed by atoms with van der Waals surface area (Å²) in [6.45, 7) is 5.25. The largest absolute Gasteiger partial charge is 0.326 e. The van der Waals surface area contributed by atoms with E-state index in [2.05, 4.69) is 48.3 Å². The molecule has 2 atom stereocenters. The van der Waals surface area contributed by atoms with Crippen LogP contribution in [0.3, 0.4) is 0 Å². The molecule has 1 aromatic rings. The van der Waals surface area contributed by atoms with E-state index in [0.717, 1.165) is 32.2 Å². The number of hydrogen-bond acceptors (Lipinski definition) is 2. The van der Waals surface area contributed by atoms with Gasteiger partial charge in [0.05, 0.1) is 12.2 Å². The summed E-state index contributed by atoms with van der Waals surface area (Å²) in [4.78, 5) is 14.6. The van der Waals surface area contributed by atoms with Crippen molar-refractivity contribution in [2.24, 2.45) is 0 Å². The molecule has 116 valence electrons. The van der Waals surface area contributed by atoms with Crippen LogP contribution in [0.2, 0.25) is 0 Å². The van der Waals surface area contributed by atoms with Crippen LogP contribution in [0.15, 0.2) is 30.3 Å². The third-order valence-electron chi connectivity index (χ3n) is 4.30. The Morgan fingerprint density at radius 3 is 2.57 bits per heavy atom. The lowest BCUT2D eigenvalue weighted by Gasteiger charge is -2.22. The van der Waals surface area contributed by atoms with Crippen molar-refractivity contribution in [3.63, 3.8) is 0 Å². The lowest BCUT2D eigenvalue weighted by Crippen LogP contribution is -2.37. The van der Waals surface area contributed by atoms with Crippen molar-refractivity contribution in [3.05, 3.63) is 35.9 Å². The maximum Gasteiger partial charge on any atom is 0.241 e. The molecule has 0 aliphatic carbocycles. The predicted molar refractivity (Wildman–Crippen MR) is 87.0 cm³/mol. The molecule has 1 fully saturated rings. The molecule has 0 aromatic heterocycles. The Balaban J connectivity index is 1.88. The molecular formula is C18H28N2O. The van der Waals surface area contributed by atoms with E-state index in [4.69, 9.17) is 0 Å². The second-order valence-corrected chi connectivity index (χ2v) is 5.91. The molecule has 1 aliphatic heterocycles. The molecule has 1 aliphatic rings. The quantitative estimate of drug-likeness (QED) is 0.744. The molecular weight excluding hydrogens is 260 g/mol. The van der Waals surface area contributed by atoms with Gasteiger partial charge in [0.1, 0.15) is 0 Å². The molecule has 1 aromatic carbocycles. The second-order valence-electron chi connectivity index (χ2n) is 5.91. The first-order valence-corrected chi connectivity index (χ1v) is 8.36. The number of benzene rings is 1. The summed E-state index contributed by atoms with van der Waals surface area (Å²) in [6, 6.07) is 10.4. The number of carbonyl (C=O) groups is 1. The monoisotopic (exact) mass is 288 g/mol. The van der Waals surface area contributed by atoms with Gasteiger partial charge in [-0.15, -0.1) is 0 Å². The average molecular weight is 288 g/mol.